The monoisotopic (exact) mass is 340 g/mol. The van der Waals surface area contributed by atoms with Crippen molar-refractivity contribution >= 4 is 28.9 Å². The van der Waals surface area contributed by atoms with Gasteiger partial charge in [-0.05, 0) is 13.3 Å². The molecular formula is C14H20N4O4S. The van der Waals surface area contributed by atoms with Gasteiger partial charge in [0.15, 0.2) is 16.3 Å². The lowest BCUT2D eigenvalue weighted by molar-refractivity contribution is -0.140. The summed E-state index contributed by atoms with van der Waals surface area (Å²) >= 11 is 1.20. The zero-order chi connectivity index (χ0) is 17.1. The highest BCUT2D eigenvalue weighted by atomic mass is 32.2. The van der Waals surface area contributed by atoms with Gasteiger partial charge in [-0.25, -0.2) is 9.78 Å². The molecule has 2 rings (SSSR count). The smallest absolute Gasteiger partial charge is 0.332 e. The van der Waals surface area contributed by atoms with E-state index in [1.54, 1.807) is 11.6 Å². The van der Waals surface area contributed by atoms with Crippen LogP contribution in [-0.4, -0.2) is 37.0 Å². The number of carbonyl (C=O) groups is 1. The predicted octanol–water partition coefficient (Wildman–Crippen LogP) is 0.499. The Bertz CT molecular complexity index is 849. The summed E-state index contributed by atoms with van der Waals surface area (Å²) in [5.41, 5.74) is -0.133. The molecule has 0 bridgehead atoms. The number of aryl methyl sites for hydroxylation is 2. The van der Waals surface area contributed by atoms with E-state index >= 15 is 0 Å². The number of carbonyl (C=O) groups excluding carboxylic acids is 1. The Kier molecular flexibility index (Phi) is 5.30. The minimum Gasteiger partial charge on any atom is -0.465 e. The lowest BCUT2D eigenvalue weighted by Gasteiger charge is -2.06. The van der Waals surface area contributed by atoms with Gasteiger partial charge in [0.2, 0.25) is 0 Å². The molecule has 0 N–H and O–H groups in total. The Morgan fingerprint density at radius 2 is 1.91 bits per heavy atom. The van der Waals surface area contributed by atoms with E-state index in [-0.39, 0.29) is 11.7 Å². The molecule has 23 heavy (non-hydrogen) atoms. The quantitative estimate of drug-likeness (QED) is 0.562. The Morgan fingerprint density at radius 3 is 2.52 bits per heavy atom. The van der Waals surface area contributed by atoms with Gasteiger partial charge < -0.3 is 9.30 Å². The summed E-state index contributed by atoms with van der Waals surface area (Å²) in [6.07, 6.45) is 0.766. The van der Waals surface area contributed by atoms with E-state index in [9.17, 15) is 14.4 Å². The van der Waals surface area contributed by atoms with E-state index in [1.807, 2.05) is 13.8 Å². The van der Waals surface area contributed by atoms with Crippen LogP contribution in [0.25, 0.3) is 11.2 Å². The topological polar surface area (TPSA) is 88.1 Å². The van der Waals surface area contributed by atoms with E-state index in [0.717, 1.165) is 11.0 Å². The van der Waals surface area contributed by atoms with Crippen molar-refractivity contribution in [1.29, 1.82) is 0 Å². The summed E-state index contributed by atoms with van der Waals surface area (Å²) in [6.45, 7) is 4.70. The standard InChI is InChI=1S/C14H20N4O4S/c1-5-7-22-9(19)8-23-13-15-11-10(18(13)6-2)12(20)17(4)14(21)16(11)3/h5-8H2,1-4H3. The Balaban J connectivity index is 2.44. The summed E-state index contributed by atoms with van der Waals surface area (Å²) in [5, 5.41) is 0.522. The van der Waals surface area contributed by atoms with Gasteiger partial charge in [-0.1, -0.05) is 18.7 Å². The third-order valence-corrected chi connectivity index (χ3v) is 4.37. The van der Waals surface area contributed by atoms with Crippen molar-refractivity contribution in [3.05, 3.63) is 20.8 Å². The average molecular weight is 340 g/mol. The first-order valence-corrected chi connectivity index (χ1v) is 8.35. The minimum atomic E-state index is -0.429. The molecule has 0 unspecified atom stereocenters. The predicted molar refractivity (Wildman–Crippen MR) is 87.9 cm³/mol. The molecule has 2 aromatic rings. The number of hydrogen-bond donors (Lipinski definition) is 0. The lowest BCUT2D eigenvalue weighted by atomic mass is 10.5. The van der Waals surface area contributed by atoms with Crippen molar-refractivity contribution in [1.82, 2.24) is 18.7 Å². The number of rotatable bonds is 6. The molecule has 0 aliphatic rings. The van der Waals surface area contributed by atoms with Gasteiger partial charge >= 0.3 is 11.7 Å². The van der Waals surface area contributed by atoms with Crippen molar-refractivity contribution < 1.29 is 9.53 Å². The normalized spacial score (nSPS) is 11.1. The molecule has 2 heterocycles. The molecule has 9 heteroatoms. The van der Waals surface area contributed by atoms with Crippen molar-refractivity contribution in [3.63, 3.8) is 0 Å². The summed E-state index contributed by atoms with van der Waals surface area (Å²) in [4.78, 5) is 40.4. The highest BCUT2D eigenvalue weighted by molar-refractivity contribution is 7.99. The molecule has 0 aliphatic heterocycles. The number of aromatic nitrogens is 4. The van der Waals surface area contributed by atoms with Crippen molar-refractivity contribution in [2.45, 2.75) is 32.0 Å². The van der Waals surface area contributed by atoms with Crippen LogP contribution in [-0.2, 0) is 30.2 Å². The van der Waals surface area contributed by atoms with Gasteiger partial charge in [-0.15, -0.1) is 0 Å². The van der Waals surface area contributed by atoms with Gasteiger partial charge in [0.1, 0.15) is 0 Å². The Hall–Kier alpha value is -2.03. The summed E-state index contributed by atoms with van der Waals surface area (Å²) in [6, 6.07) is 0. The molecule has 2 aromatic heterocycles. The second-order valence-corrected chi connectivity index (χ2v) is 5.97. The molecular weight excluding hydrogens is 320 g/mol. The van der Waals surface area contributed by atoms with Crippen LogP contribution in [0.15, 0.2) is 14.7 Å². The number of thioether (sulfide) groups is 1. The molecule has 8 nitrogen and oxygen atoms in total. The van der Waals surface area contributed by atoms with Gasteiger partial charge in [0.05, 0.1) is 12.4 Å². The molecule has 0 atom stereocenters. The molecule has 126 valence electrons. The number of hydrogen-bond acceptors (Lipinski definition) is 6. The molecule has 0 spiro atoms. The van der Waals surface area contributed by atoms with Crippen molar-refractivity contribution in [2.75, 3.05) is 12.4 Å². The fourth-order valence-corrected chi connectivity index (χ4v) is 3.07. The van der Waals surface area contributed by atoms with Crippen LogP contribution in [0.2, 0.25) is 0 Å². The zero-order valence-electron chi connectivity index (χ0n) is 13.7. The molecule has 0 aromatic carbocycles. The van der Waals surface area contributed by atoms with Crippen molar-refractivity contribution in [2.24, 2.45) is 14.1 Å². The fourth-order valence-electron chi connectivity index (χ4n) is 2.21. The molecule has 0 saturated heterocycles. The summed E-state index contributed by atoms with van der Waals surface area (Å²) in [7, 11) is 3.01. The molecule has 0 amide bonds. The average Bonchev–Trinajstić information content (AvgIpc) is 2.92. The van der Waals surface area contributed by atoms with Crippen LogP contribution < -0.4 is 11.2 Å². The Labute approximate surface area is 137 Å². The van der Waals surface area contributed by atoms with E-state index in [1.165, 1.54) is 23.4 Å². The second kappa shape index (κ2) is 7.03. The maximum absolute atomic E-state index is 12.4. The maximum atomic E-state index is 12.4. The van der Waals surface area contributed by atoms with Gasteiger partial charge in [-0.3, -0.25) is 18.7 Å². The number of imidazole rings is 1. The van der Waals surface area contributed by atoms with Gasteiger partial charge in [0.25, 0.3) is 5.56 Å². The van der Waals surface area contributed by atoms with Gasteiger partial charge in [0, 0.05) is 20.6 Å². The summed E-state index contributed by atoms with van der Waals surface area (Å²) in [5.74, 6) is -0.217. The SMILES string of the molecule is CCCOC(=O)CSc1nc2c(c(=O)n(C)c(=O)n2C)n1CC. The lowest BCUT2D eigenvalue weighted by Crippen LogP contribution is -2.37. The van der Waals surface area contributed by atoms with Gasteiger partial charge in [-0.2, -0.15) is 0 Å². The first-order valence-electron chi connectivity index (χ1n) is 7.37. The van der Waals surface area contributed by atoms with E-state index in [4.69, 9.17) is 4.74 Å². The highest BCUT2D eigenvalue weighted by Gasteiger charge is 2.19. The zero-order valence-corrected chi connectivity index (χ0v) is 14.5. The van der Waals surface area contributed by atoms with Crippen LogP contribution in [0.1, 0.15) is 20.3 Å². The number of nitrogens with zero attached hydrogens (tertiary/aromatic N) is 4. The first kappa shape index (κ1) is 17.3. The third kappa shape index (κ3) is 3.19. The molecule has 0 radical (unpaired) electrons. The van der Waals surface area contributed by atoms with E-state index < -0.39 is 11.2 Å². The van der Waals surface area contributed by atoms with Crippen molar-refractivity contribution in [3.8, 4) is 0 Å². The second-order valence-electron chi connectivity index (χ2n) is 5.03. The third-order valence-electron chi connectivity index (χ3n) is 3.42. The van der Waals surface area contributed by atoms with Crippen LogP contribution >= 0.6 is 11.8 Å². The number of fused-ring (bicyclic) bond motifs is 1. The molecule has 0 fully saturated rings. The summed E-state index contributed by atoms with van der Waals surface area (Å²) < 4.78 is 9.14. The van der Waals surface area contributed by atoms with E-state index in [0.29, 0.717) is 29.5 Å². The minimum absolute atomic E-state index is 0.109. The van der Waals surface area contributed by atoms with E-state index in [2.05, 4.69) is 4.98 Å². The highest BCUT2D eigenvalue weighted by Crippen LogP contribution is 2.21. The van der Waals surface area contributed by atoms with Crippen LogP contribution in [0.5, 0.6) is 0 Å². The first-order chi connectivity index (χ1) is 10.9. The fraction of sp³-hybridized carbons (Fsp3) is 0.571. The van der Waals surface area contributed by atoms with Crippen LogP contribution in [0.3, 0.4) is 0 Å². The molecule has 0 aliphatic carbocycles. The van der Waals surface area contributed by atoms with Crippen LogP contribution in [0, 0.1) is 0 Å². The number of esters is 1. The number of ether oxygens (including phenoxy) is 1. The Morgan fingerprint density at radius 1 is 1.22 bits per heavy atom. The molecule has 0 saturated carbocycles. The maximum Gasteiger partial charge on any atom is 0.332 e. The largest absolute Gasteiger partial charge is 0.465 e. The van der Waals surface area contributed by atoms with Crippen LogP contribution in [0.4, 0.5) is 0 Å².